The summed E-state index contributed by atoms with van der Waals surface area (Å²) in [6.07, 6.45) is 1.26. The highest BCUT2D eigenvalue weighted by atomic mass is 35.5. The van der Waals surface area contributed by atoms with E-state index in [4.69, 9.17) is 10.7 Å². The molecular formula is C34H46Cl2F3N7. The molecule has 1 aromatic carbocycles. The predicted octanol–water partition coefficient (Wildman–Crippen LogP) is 7.82. The van der Waals surface area contributed by atoms with E-state index in [9.17, 15) is 13.2 Å². The van der Waals surface area contributed by atoms with Crippen molar-refractivity contribution in [3.63, 3.8) is 0 Å². The molecule has 3 aromatic heterocycles. The molecule has 3 fully saturated rings. The van der Waals surface area contributed by atoms with Crippen molar-refractivity contribution in [2.24, 2.45) is 11.7 Å². The Balaban J connectivity index is 0.000000346. The van der Waals surface area contributed by atoms with Gasteiger partial charge in [0.05, 0.1) is 5.52 Å². The van der Waals surface area contributed by atoms with Crippen molar-refractivity contribution in [1.29, 1.82) is 0 Å². The number of fused-ring (bicyclic) bond motifs is 2. The van der Waals surface area contributed by atoms with E-state index in [0.29, 0.717) is 41.6 Å². The summed E-state index contributed by atoms with van der Waals surface area (Å²) < 4.78 is 44.3. The number of hydrogen-bond donors (Lipinski definition) is 1. The van der Waals surface area contributed by atoms with Gasteiger partial charge in [0.1, 0.15) is 11.7 Å². The number of rotatable bonds is 4. The molecule has 3 atom stereocenters. The first-order valence-electron chi connectivity index (χ1n) is 15.8. The summed E-state index contributed by atoms with van der Waals surface area (Å²) in [5, 5.41) is 9.51. The van der Waals surface area contributed by atoms with E-state index in [2.05, 4.69) is 48.9 Å². The molecule has 1 aliphatic carbocycles. The smallest absolute Gasteiger partial charge is 0.324 e. The van der Waals surface area contributed by atoms with Crippen LogP contribution < -0.4 is 5.73 Å². The monoisotopic (exact) mass is 679 g/mol. The quantitative estimate of drug-likeness (QED) is 0.237. The molecule has 5 heterocycles. The number of likely N-dealkylation sites (tertiary alicyclic amines) is 2. The van der Waals surface area contributed by atoms with Gasteiger partial charge >= 0.3 is 6.18 Å². The number of halogens is 5. The van der Waals surface area contributed by atoms with Crippen molar-refractivity contribution in [2.45, 2.75) is 89.5 Å². The zero-order chi connectivity index (χ0) is 31.4. The number of nitrogens with two attached hydrogens (primary N) is 1. The van der Waals surface area contributed by atoms with E-state index in [1.165, 1.54) is 42.2 Å². The zero-order valence-corrected chi connectivity index (χ0v) is 28.9. The van der Waals surface area contributed by atoms with Gasteiger partial charge in [0.25, 0.3) is 0 Å². The van der Waals surface area contributed by atoms with Crippen LogP contribution in [-0.4, -0.2) is 72.8 Å². The number of nitrogens with zero attached hydrogens (tertiary/aromatic N) is 6. The van der Waals surface area contributed by atoms with Gasteiger partial charge in [-0.25, -0.2) is 4.98 Å². The molecule has 0 amide bonds. The molecule has 3 aliphatic rings. The summed E-state index contributed by atoms with van der Waals surface area (Å²) in [5.74, 6) is 1.86. The Kier molecular flexibility index (Phi) is 10.7. The molecule has 0 radical (unpaired) electrons. The largest absolute Gasteiger partial charge is 0.408 e. The molecule has 12 heteroatoms. The van der Waals surface area contributed by atoms with Crippen LogP contribution in [0.25, 0.3) is 28.1 Å². The summed E-state index contributed by atoms with van der Waals surface area (Å²) in [5.41, 5.74) is 9.23. The van der Waals surface area contributed by atoms with Crippen LogP contribution in [0.3, 0.4) is 0 Å². The Morgan fingerprint density at radius 2 is 1.70 bits per heavy atom. The van der Waals surface area contributed by atoms with Gasteiger partial charge in [0.15, 0.2) is 11.5 Å². The van der Waals surface area contributed by atoms with Gasteiger partial charge in [-0.1, -0.05) is 37.3 Å². The first kappa shape index (κ1) is 36.3. The van der Waals surface area contributed by atoms with Crippen molar-refractivity contribution in [3.05, 3.63) is 59.8 Å². The third-order valence-corrected chi connectivity index (χ3v) is 9.32. The minimum absolute atomic E-state index is 0. The minimum Gasteiger partial charge on any atom is -0.324 e. The SMILES string of the molecule is C[C@H]1CCN(C(C)(C)C)C1.C[C@]1(N)CCN([C@@H](c2ccc3nnc(-c4ccc5cccc(C6CC6)c5n4)n3c2)C(F)(F)F)C1.Cl.Cl. The van der Waals surface area contributed by atoms with E-state index in [1.54, 1.807) is 17.4 Å². The van der Waals surface area contributed by atoms with Crippen molar-refractivity contribution in [3.8, 4) is 11.5 Å². The van der Waals surface area contributed by atoms with E-state index in [-0.39, 0.29) is 36.9 Å². The van der Waals surface area contributed by atoms with Gasteiger partial charge in [-0.15, -0.1) is 35.0 Å². The first-order valence-corrected chi connectivity index (χ1v) is 15.8. The maximum absolute atomic E-state index is 14.2. The minimum atomic E-state index is -4.44. The molecule has 2 N–H and O–H groups in total. The maximum atomic E-state index is 14.2. The highest BCUT2D eigenvalue weighted by Crippen LogP contribution is 2.43. The molecular weight excluding hydrogens is 634 g/mol. The van der Waals surface area contributed by atoms with Gasteiger partial charge in [0.2, 0.25) is 0 Å². The van der Waals surface area contributed by atoms with Crippen molar-refractivity contribution < 1.29 is 13.2 Å². The van der Waals surface area contributed by atoms with Crippen molar-refractivity contribution in [1.82, 2.24) is 29.4 Å². The average Bonchev–Trinajstić information content (AvgIpc) is 3.37. The maximum Gasteiger partial charge on any atom is 0.408 e. The lowest BCUT2D eigenvalue weighted by Crippen LogP contribution is -2.43. The molecule has 2 saturated heterocycles. The summed E-state index contributed by atoms with van der Waals surface area (Å²) in [7, 11) is 0. The molecule has 2 aliphatic heterocycles. The van der Waals surface area contributed by atoms with Crippen LogP contribution in [0.2, 0.25) is 0 Å². The summed E-state index contributed by atoms with van der Waals surface area (Å²) in [6, 6.07) is 11.3. The molecule has 46 heavy (non-hydrogen) atoms. The highest BCUT2D eigenvalue weighted by molar-refractivity contribution is 5.86. The second-order valence-corrected chi connectivity index (χ2v) is 14.4. The third-order valence-electron chi connectivity index (χ3n) is 9.32. The number of alkyl halides is 3. The van der Waals surface area contributed by atoms with Crippen molar-refractivity contribution in [2.75, 3.05) is 26.2 Å². The van der Waals surface area contributed by atoms with Crippen LogP contribution in [0.15, 0.2) is 48.7 Å². The van der Waals surface area contributed by atoms with Crippen LogP contribution in [0.1, 0.15) is 83.4 Å². The first-order chi connectivity index (χ1) is 20.7. The predicted molar refractivity (Wildman–Crippen MR) is 183 cm³/mol. The molecule has 0 unspecified atom stereocenters. The lowest BCUT2D eigenvalue weighted by Gasteiger charge is -2.31. The molecule has 4 aromatic rings. The fraction of sp³-hybridized carbons (Fsp3) is 0.559. The van der Waals surface area contributed by atoms with Gasteiger partial charge in [0, 0.05) is 42.3 Å². The third kappa shape index (κ3) is 7.79. The Bertz CT molecular complexity index is 1650. The number of aromatic nitrogens is 4. The van der Waals surface area contributed by atoms with E-state index in [1.807, 2.05) is 24.3 Å². The Morgan fingerprint density at radius 3 is 2.26 bits per heavy atom. The van der Waals surface area contributed by atoms with Crippen LogP contribution in [-0.2, 0) is 0 Å². The standard InChI is InChI=1S/C25H25F3N6.C9H19N.2ClH/c1-24(29)11-12-33(14-24)22(25(26,27)28)17-8-10-20-31-32-23(34(20)13-17)19-9-7-16-3-2-4-18(15-5-6-15)21(16)30-19;1-8-5-6-10(7-8)9(2,3)4;;/h2-4,7-10,13,15,22H,5-6,11-12,14,29H2,1H3;8H,5-7H2,1-4H3;2*1H/t22-,24-;8-;;/m00../s1. The van der Waals surface area contributed by atoms with Crippen LogP contribution in [0.5, 0.6) is 0 Å². The van der Waals surface area contributed by atoms with E-state index < -0.39 is 17.8 Å². The van der Waals surface area contributed by atoms with Gasteiger partial charge in [-0.05, 0) is 95.0 Å². The Labute approximate surface area is 282 Å². The summed E-state index contributed by atoms with van der Waals surface area (Å²) in [6.45, 7) is 14.1. The molecule has 1 saturated carbocycles. The number of benzene rings is 1. The highest BCUT2D eigenvalue weighted by Gasteiger charge is 2.48. The average molecular weight is 681 g/mol. The van der Waals surface area contributed by atoms with Crippen LogP contribution >= 0.6 is 24.8 Å². The second kappa shape index (κ2) is 13.5. The molecule has 252 valence electrons. The lowest BCUT2D eigenvalue weighted by atomic mass is 10.0. The Morgan fingerprint density at radius 1 is 0.957 bits per heavy atom. The Hall–Kier alpha value is -2.50. The van der Waals surface area contributed by atoms with Crippen LogP contribution in [0.4, 0.5) is 13.2 Å². The van der Waals surface area contributed by atoms with Gasteiger partial charge in [-0.3, -0.25) is 14.2 Å². The van der Waals surface area contributed by atoms with E-state index >= 15 is 0 Å². The summed E-state index contributed by atoms with van der Waals surface area (Å²) in [4.78, 5) is 8.86. The fourth-order valence-electron chi connectivity index (χ4n) is 6.65. The van der Waals surface area contributed by atoms with Gasteiger partial charge < -0.3 is 5.73 Å². The van der Waals surface area contributed by atoms with E-state index in [0.717, 1.165) is 29.7 Å². The fourth-order valence-corrected chi connectivity index (χ4v) is 6.65. The summed E-state index contributed by atoms with van der Waals surface area (Å²) >= 11 is 0. The molecule has 7 nitrogen and oxygen atoms in total. The molecule has 0 bridgehead atoms. The van der Waals surface area contributed by atoms with Crippen molar-refractivity contribution >= 4 is 41.4 Å². The number of pyridine rings is 2. The van der Waals surface area contributed by atoms with Crippen LogP contribution in [0, 0.1) is 5.92 Å². The molecule has 7 rings (SSSR count). The molecule has 0 spiro atoms. The zero-order valence-electron chi connectivity index (χ0n) is 27.2. The lowest BCUT2D eigenvalue weighted by molar-refractivity contribution is -0.184. The topological polar surface area (TPSA) is 75.6 Å². The second-order valence-electron chi connectivity index (χ2n) is 14.4. The normalized spacial score (nSPS) is 23.1. The number of hydrogen-bond acceptors (Lipinski definition) is 6. The number of para-hydroxylation sites is 1. The van der Waals surface area contributed by atoms with Gasteiger partial charge in [-0.2, -0.15) is 13.2 Å².